The third-order valence-corrected chi connectivity index (χ3v) is 2.55. The van der Waals surface area contributed by atoms with Crippen molar-refractivity contribution in [1.82, 2.24) is 4.90 Å². The molecule has 78 valence electrons. The molecule has 0 bridgehead atoms. The van der Waals surface area contributed by atoms with Gasteiger partial charge in [-0.15, -0.1) is 0 Å². The van der Waals surface area contributed by atoms with Crippen molar-refractivity contribution in [2.45, 2.75) is 45.6 Å². The topological polar surface area (TPSA) is 3.24 Å². The van der Waals surface area contributed by atoms with E-state index in [1.807, 2.05) is 4.90 Å². The van der Waals surface area contributed by atoms with E-state index in [2.05, 4.69) is 13.8 Å². The minimum absolute atomic E-state index is 0.476. The summed E-state index contributed by atoms with van der Waals surface area (Å²) in [5.74, 6) is 0.486. The molecule has 1 heterocycles. The van der Waals surface area contributed by atoms with E-state index in [9.17, 15) is 8.78 Å². The maximum Gasteiger partial charge on any atom is 0.253 e. The Kier molecular flexibility index (Phi) is 4.10. The summed E-state index contributed by atoms with van der Waals surface area (Å²) in [7, 11) is 0. The van der Waals surface area contributed by atoms with Gasteiger partial charge in [-0.3, -0.25) is 4.90 Å². The Morgan fingerprint density at radius 2 is 2.00 bits per heavy atom. The van der Waals surface area contributed by atoms with Crippen LogP contribution in [-0.4, -0.2) is 30.5 Å². The molecule has 0 spiro atoms. The van der Waals surface area contributed by atoms with Crippen LogP contribution in [0.2, 0.25) is 0 Å². The van der Waals surface area contributed by atoms with Gasteiger partial charge in [0.05, 0.1) is 6.04 Å². The second-order valence-corrected chi connectivity index (χ2v) is 4.29. The summed E-state index contributed by atoms with van der Waals surface area (Å²) in [4.78, 5) is 1.96. The average Bonchev–Trinajstić information content (AvgIpc) is 2.03. The summed E-state index contributed by atoms with van der Waals surface area (Å²) in [6.45, 7) is 5.83. The van der Waals surface area contributed by atoms with Gasteiger partial charge in [0.2, 0.25) is 0 Å². The predicted molar refractivity (Wildman–Crippen MR) is 50.1 cm³/mol. The van der Waals surface area contributed by atoms with Gasteiger partial charge >= 0.3 is 0 Å². The Morgan fingerprint density at radius 3 is 2.54 bits per heavy atom. The fourth-order valence-electron chi connectivity index (χ4n) is 2.00. The Hall–Kier alpha value is -0.180. The van der Waals surface area contributed by atoms with Crippen LogP contribution in [0.15, 0.2) is 0 Å². The van der Waals surface area contributed by atoms with Crippen molar-refractivity contribution in [1.29, 1.82) is 0 Å². The molecule has 1 nitrogen and oxygen atoms in total. The maximum absolute atomic E-state index is 12.6. The minimum atomic E-state index is -2.17. The van der Waals surface area contributed by atoms with E-state index in [1.165, 1.54) is 0 Å². The standard InChI is InChI=1S/C10H19F2N/c1-8(2)7-13-6-4-3-5-9(13)10(11)12/h8-10H,3-7H2,1-2H3. The van der Waals surface area contributed by atoms with Crippen LogP contribution >= 0.6 is 0 Å². The number of hydrogen-bond acceptors (Lipinski definition) is 1. The third-order valence-electron chi connectivity index (χ3n) is 2.55. The van der Waals surface area contributed by atoms with Crippen molar-refractivity contribution in [2.24, 2.45) is 5.92 Å². The minimum Gasteiger partial charge on any atom is -0.295 e. The molecule has 1 unspecified atom stereocenters. The van der Waals surface area contributed by atoms with E-state index in [-0.39, 0.29) is 0 Å². The van der Waals surface area contributed by atoms with Crippen LogP contribution in [0.1, 0.15) is 33.1 Å². The van der Waals surface area contributed by atoms with Crippen molar-refractivity contribution in [2.75, 3.05) is 13.1 Å². The molecule has 1 aliphatic rings. The SMILES string of the molecule is CC(C)CN1CCCCC1C(F)F. The quantitative estimate of drug-likeness (QED) is 0.663. The van der Waals surface area contributed by atoms with Crippen LogP contribution in [0.3, 0.4) is 0 Å². The predicted octanol–water partition coefficient (Wildman–Crippen LogP) is 2.76. The summed E-state index contributed by atoms with van der Waals surface area (Å²) >= 11 is 0. The highest BCUT2D eigenvalue weighted by Gasteiger charge is 2.29. The van der Waals surface area contributed by atoms with Crippen LogP contribution in [0.4, 0.5) is 8.78 Å². The number of hydrogen-bond donors (Lipinski definition) is 0. The molecule has 1 aliphatic heterocycles. The van der Waals surface area contributed by atoms with Gasteiger partial charge in [-0.2, -0.15) is 0 Å². The second kappa shape index (κ2) is 4.89. The summed E-state index contributed by atoms with van der Waals surface area (Å²) in [5.41, 5.74) is 0. The number of alkyl halides is 2. The highest BCUT2D eigenvalue weighted by atomic mass is 19.3. The summed E-state index contributed by atoms with van der Waals surface area (Å²) in [6.07, 6.45) is 0.545. The molecule has 0 saturated carbocycles. The molecule has 1 saturated heterocycles. The first-order valence-electron chi connectivity index (χ1n) is 5.13. The van der Waals surface area contributed by atoms with E-state index in [0.717, 1.165) is 25.9 Å². The van der Waals surface area contributed by atoms with Crippen molar-refractivity contribution in [3.63, 3.8) is 0 Å². The van der Waals surface area contributed by atoms with Crippen LogP contribution in [0, 0.1) is 5.92 Å². The monoisotopic (exact) mass is 191 g/mol. The summed E-state index contributed by atoms with van der Waals surface area (Å²) < 4.78 is 25.2. The zero-order chi connectivity index (χ0) is 9.84. The number of halogens is 2. The second-order valence-electron chi connectivity index (χ2n) is 4.29. The van der Waals surface area contributed by atoms with Crippen molar-refractivity contribution in [3.05, 3.63) is 0 Å². The lowest BCUT2D eigenvalue weighted by Crippen LogP contribution is -2.45. The Morgan fingerprint density at radius 1 is 1.31 bits per heavy atom. The molecule has 1 fully saturated rings. The lowest BCUT2D eigenvalue weighted by molar-refractivity contribution is -0.000704. The van der Waals surface area contributed by atoms with Crippen LogP contribution < -0.4 is 0 Å². The zero-order valence-electron chi connectivity index (χ0n) is 8.47. The van der Waals surface area contributed by atoms with E-state index in [0.29, 0.717) is 12.3 Å². The van der Waals surface area contributed by atoms with Crippen LogP contribution in [0.5, 0.6) is 0 Å². The van der Waals surface area contributed by atoms with Crippen LogP contribution in [0.25, 0.3) is 0 Å². The summed E-state index contributed by atoms with van der Waals surface area (Å²) in [6, 6.07) is -0.476. The summed E-state index contributed by atoms with van der Waals surface area (Å²) in [5, 5.41) is 0. The van der Waals surface area contributed by atoms with Gasteiger partial charge in [0, 0.05) is 6.54 Å². The molecule has 0 aromatic heterocycles. The van der Waals surface area contributed by atoms with Crippen molar-refractivity contribution < 1.29 is 8.78 Å². The molecule has 0 amide bonds. The molecule has 0 N–H and O–H groups in total. The van der Waals surface area contributed by atoms with Gasteiger partial charge < -0.3 is 0 Å². The molecule has 1 rings (SSSR count). The zero-order valence-corrected chi connectivity index (χ0v) is 8.47. The van der Waals surface area contributed by atoms with Gasteiger partial charge in [0.25, 0.3) is 6.43 Å². The fourth-order valence-corrected chi connectivity index (χ4v) is 2.00. The highest BCUT2D eigenvalue weighted by molar-refractivity contribution is 4.79. The molecule has 13 heavy (non-hydrogen) atoms. The molecular formula is C10H19F2N. The first kappa shape index (κ1) is 10.9. The van der Waals surface area contributed by atoms with E-state index >= 15 is 0 Å². The molecule has 3 heteroatoms. The lowest BCUT2D eigenvalue weighted by Gasteiger charge is -2.36. The van der Waals surface area contributed by atoms with Gasteiger partial charge in [-0.25, -0.2) is 8.78 Å². The highest BCUT2D eigenvalue weighted by Crippen LogP contribution is 2.22. The van der Waals surface area contributed by atoms with E-state index in [4.69, 9.17) is 0 Å². The van der Waals surface area contributed by atoms with Crippen molar-refractivity contribution in [3.8, 4) is 0 Å². The Balaban J connectivity index is 2.46. The largest absolute Gasteiger partial charge is 0.295 e. The normalized spacial score (nSPS) is 25.8. The third kappa shape index (κ3) is 3.22. The molecule has 0 aromatic carbocycles. The van der Waals surface area contributed by atoms with Gasteiger partial charge in [0.1, 0.15) is 0 Å². The fraction of sp³-hybridized carbons (Fsp3) is 1.00. The number of nitrogens with zero attached hydrogens (tertiary/aromatic N) is 1. The van der Waals surface area contributed by atoms with Gasteiger partial charge in [-0.1, -0.05) is 20.3 Å². The van der Waals surface area contributed by atoms with E-state index in [1.54, 1.807) is 0 Å². The molecular weight excluding hydrogens is 172 g/mol. The number of piperidine rings is 1. The average molecular weight is 191 g/mol. The Bertz CT molecular complexity index is 148. The van der Waals surface area contributed by atoms with Gasteiger partial charge in [-0.05, 0) is 25.3 Å². The van der Waals surface area contributed by atoms with Crippen LogP contribution in [-0.2, 0) is 0 Å². The maximum atomic E-state index is 12.6. The lowest BCUT2D eigenvalue weighted by atomic mass is 10.0. The van der Waals surface area contributed by atoms with E-state index < -0.39 is 12.5 Å². The molecule has 0 aromatic rings. The first-order valence-corrected chi connectivity index (χ1v) is 5.13. The van der Waals surface area contributed by atoms with Gasteiger partial charge in [0.15, 0.2) is 0 Å². The smallest absolute Gasteiger partial charge is 0.253 e. The molecule has 0 radical (unpaired) electrons. The van der Waals surface area contributed by atoms with Crippen molar-refractivity contribution >= 4 is 0 Å². The number of likely N-dealkylation sites (tertiary alicyclic amines) is 1. The number of rotatable bonds is 3. The Labute approximate surface area is 79.1 Å². The molecule has 0 aliphatic carbocycles. The molecule has 1 atom stereocenters. The first-order chi connectivity index (χ1) is 6.11.